The number of carbonyl (C=O) groups is 1. The fourth-order valence-corrected chi connectivity index (χ4v) is 3.71. The lowest BCUT2D eigenvalue weighted by atomic mass is 9.95. The quantitative estimate of drug-likeness (QED) is 0.524. The summed E-state index contributed by atoms with van der Waals surface area (Å²) in [6, 6.07) is 11.1. The van der Waals surface area contributed by atoms with Crippen LogP contribution in [-0.2, 0) is 12.8 Å². The number of nitrogens with one attached hydrogen (secondary N) is 2. The molecule has 0 aliphatic heterocycles. The zero-order valence-electron chi connectivity index (χ0n) is 16.0. The van der Waals surface area contributed by atoms with Crippen molar-refractivity contribution in [2.75, 3.05) is 14.2 Å². The van der Waals surface area contributed by atoms with Crippen LogP contribution in [0.1, 0.15) is 40.0 Å². The Kier molecular flexibility index (Phi) is 5.02. The van der Waals surface area contributed by atoms with Crippen LogP contribution in [0.5, 0.6) is 11.5 Å². The molecule has 0 unspecified atom stereocenters. The number of hydrogen-bond acceptors (Lipinski definition) is 4. The van der Waals surface area contributed by atoms with Gasteiger partial charge >= 0.3 is 0 Å². The van der Waals surface area contributed by atoms with Gasteiger partial charge in [0.1, 0.15) is 11.5 Å². The number of hydrazone groups is 1. The van der Waals surface area contributed by atoms with Crippen molar-refractivity contribution in [2.24, 2.45) is 5.10 Å². The summed E-state index contributed by atoms with van der Waals surface area (Å²) >= 11 is 0. The van der Waals surface area contributed by atoms with Crippen molar-refractivity contribution in [2.45, 2.75) is 25.7 Å². The van der Waals surface area contributed by atoms with Gasteiger partial charge in [0, 0.05) is 27.7 Å². The van der Waals surface area contributed by atoms with Crippen molar-refractivity contribution in [1.82, 2.24) is 10.4 Å². The molecule has 4 rings (SSSR count). The van der Waals surface area contributed by atoms with Gasteiger partial charge in [-0.1, -0.05) is 0 Å². The topological polar surface area (TPSA) is 75.7 Å². The highest BCUT2D eigenvalue weighted by Crippen LogP contribution is 2.29. The largest absolute Gasteiger partial charge is 0.497 e. The molecular formula is C22H23N3O3. The standard InChI is InChI=1S/C22H23N3O3/c1-27-16-8-10-21(28-2)15(11-16)13-23-25-22(26)14-7-9-20-18(12-14)17-5-3-4-6-19(17)24-20/h7-13,24H,3-6H2,1-2H3,(H,25,26)/b23-13+. The maximum Gasteiger partial charge on any atom is 0.271 e. The summed E-state index contributed by atoms with van der Waals surface area (Å²) in [4.78, 5) is 16.0. The van der Waals surface area contributed by atoms with Gasteiger partial charge in [0.15, 0.2) is 0 Å². The number of amides is 1. The Morgan fingerprint density at radius 3 is 2.79 bits per heavy atom. The highest BCUT2D eigenvalue weighted by Gasteiger charge is 2.16. The lowest BCUT2D eigenvalue weighted by Crippen LogP contribution is -2.17. The molecule has 2 N–H and O–H groups in total. The van der Waals surface area contributed by atoms with E-state index in [1.165, 1.54) is 24.1 Å². The maximum atomic E-state index is 12.6. The molecule has 1 amide bonds. The van der Waals surface area contributed by atoms with Gasteiger partial charge in [0.25, 0.3) is 5.91 Å². The molecule has 1 aliphatic carbocycles. The first kappa shape index (κ1) is 18.1. The van der Waals surface area contributed by atoms with E-state index in [0.717, 1.165) is 29.3 Å². The van der Waals surface area contributed by atoms with Crippen molar-refractivity contribution in [3.63, 3.8) is 0 Å². The normalized spacial score (nSPS) is 13.5. The first-order chi connectivity index (χ1) is 13.7. The Balaban J connectivity index is 1.53. The molecule has 1 heterocycles. The number of H-pyrrole nitrogens is 1. The van der Waals surface area contributed by atoms with Gasteiger partial charge < -0.3 is 14.5 Å². The van der Waals surface area contributed by atoms with E-state index in [1.807, 2.05) is 24.3 Å². The minimum absolute atomic E-state index is 0.245. The van der Waals surface area contributed by atoms with Gasteiger partial charge in [-0.25, -0.2) is 5.43 Å². The first-order valence-electron chi connectivity index (χ1n) is 9.38. The van der Waals surface area contributed by atoms with Crippen LogP contribution >= 0.6 is 0 Å². The van der Waals surface area contributed by atoms with E-state index < -0.39 is 0 Å². The molecule has 0 fully saturated rings. The average molecular weight is 377 g/mol. The fourth-order valence-electron chi connectivity index (χ4n) is 3.71. The third-order valence-electron chi connectivity index (χ3n) is 5.17. The van der Waals surface area contributed by atoms with Gasteiger partial charge in [-0.05, 0) is 67.6 Å². The number of methoxy groups -OCH3 is 2. The molecule has 2 aromatic carbocycles. The summed E-state index contributed by atoms with van der Waals surface area (Å²) in [6.45, 7) is 0. The number of carbonyl (C=O) groups excluding carboxylic acids is 1. The van der Waals surface area contributed by atoms with E-state index in [9.17, 15) is 4.79 Å². The van der Waals surface area contributed by atoms with Gasteiger partial charge in [-0.2, -0.15) is 5.10 Å². The number of aromatic nitrogens is 1. The van der Waals surface area contributed by atoms with Crippen molar-refractivity contribution in [3.8, 4) is 11.5 Å². The molecule has 1 aliphatic rings. The summed E-state index contributed by atoms with van der Waals surface area (Å²) < 4.78 is 10.5. The second-order valence-electron chi connectivity index (χ2n) is 6.86. The molecule has 28 heavy (non-hydrogen) atoms. The minimum Gasteiger partial charge on any atom is -0.497 e. The number of hydrogen-bond donors (Lipinski definition) is 2. The Labute approximate surface area is 163 Å². The number of ether oxygens (including phenoxy) is 2. The van der Waals surface area contributed by atoms with Crippen LogP contribution in [0.4, 0.5) is 0 Å². The average Bonchev–Trinajstić information content (AvgIpc) is 3.11. The number of rotatable bonds is 5. The number of nitrogens with zero attached hydrogens (tertiary/aromatic N) is 1. The Bertz CT molecular complexity index is 1050. The third-order valence-corrected chi connectivity index (χ3v) is 5.17. The van der Waals surface area contributed by atoms with Gasteiger partial charge in [-0.15, -0.1) is 0 Å². The molecule has 0 spiro atoms. The summed E-state index contributed by atoms with van der Waals surface area (Å²) in [7, 11) is 3.19. The molecule has 1 aromatic heterocycles. The van der Waals surface area contributed by atoms with E-state index in [2.05, 4.69) is 15.5 Å². The summed E-state index contributed by atoms with van der Waals surface area (Å²) in [5.41, 5.74) is 7.65. The third kappa shape index (κ3) is 3.45. The number of aryl methyl sites for hydroxylation is 2. The second kappa shape index (κ2) is 7.76. The van der Waals surface area contributed by atoms with E-state index in [-0.39, 0.29) is 5.91 Å². The molecule has 6 heteroatoms. The van der Waals surface area contributed by atoms with Crippen LogP contribution in [0, 0.1) is 0 Å². The SMILES string of the molecule is COc1ccc(OC)c(/C=N/NC(=O)c2ccc3[nH]c4c(c3c2)CCCC4)c1. The van der Waals surface area contributed by atoms with Crippen molar-refractivity contribution < 1.29 is 14.3 Å². The molecule has 0 radical (unpaired) electrons. The van der Waals surface area contributed by atoms with Crippen LogP contribution in [0.15, 0.2) is 41.5 Å². The smallest absolute Gasteiger partial charge is 0.271 e. The Morgan fingerprint density at radius 2 is 1.96 bits per heavy atom. The first-order valence-corrected chi connectivity index (χ1v) is 9.38. The Morgan fingerprint density at radius 1 is 1.11 bits per heavy atom. The number of aromatic amines is 1. The number of benzene rings is 2. The van der Waals surface area contributed by atoms with Crippen LogP contribution < -0.4 is 14.9 Å². The molecule has 3 aromatic rings. The molecule has 6 nitrogen and oxygen atoms in total. The highest BCUT2D eigenvalue weighted by atomic mass is 16.5. The second-order valence-corrected chi connectivity index (χ2v) is 6.86. The monoisotopic (exact) mass is 377 g/mol. The van der Waals surface area contributed by atoms with Crippen LogP contribution in [0.2, 0.25) is 0 Å². The summed E-state index contributed by atoms with van der Waals surface area (Å²) in [6.07, 6.45) is 6.11. The lowest BCUT2D eigenvalue weighted by molar-refractivity contribution is 0.0955. The highest BCUT2D eigenvalue weighted by molar-refractivity contribution is 5.99. The van der Waals surface area contributed by atoms with E-state index in [0.29, 0.717) is 17.1 Å². The number of fused-ring (bicyclic) bond motifs is 3. The summed E-state index contributed by atoms with van der Waals surface area (Å²) in [5.74, 6) is 1.10. The van der Waals surface area contributed by atoms with E-state index >= 15 is 0 Å². The van der Waals surface area contributed by atoms with Crippen LogP contribution in [-0.4, -0.2) is 31.3 Å². The van der Waals surface area contributed by atoms with Crippen molar-refractivity contribution >= 4 is 23.0 Å². The Hall–Kier alpha value is -3.28. The van der Waals surface area contributed by atoms with Gasteiger partial charge in [-0.3, -0.25) is 4.79 Å². The predicted octanol–water partition coefficient (Wildman–Crippen LogP) is 3.83. The molecule has 0 atom stereocenters. The van der Waals surface area contributed by atoms with E-state index in [1.54, 1.807) is 32.6 Å². The molecule has 0 bridgehead atoms. The molecule has 144 valence electrons. The van der Waals surface area contributed by atoms with Gasteiger partial charge in [0.05, 0.1) is 20.4 Å². The van der Waals surface area contributed by atoms with Crippen LogP contribution in [0.3, 0.4) is 0 Å². The van der Waals surface area contributed by atoms with E-state index in [4.69, 9.17) is 9.47 Å². The maximum absolute atomic E-state index is 12.6. The zero-order chi connectivity index (χ0) is 19.5. The van der Waals surface area contributed by atoms with Crippen LogP contribution in [0.25, 0.3) is 10.9 Å². The molecule has 0 saturated heterocycles. The molecule has 0 saturated carbocycles. The fraction of sp³-hybridized carbons (Fsp3) is 0.273. The summed E-state index contributed by atoms with van der Waals surface area (Å²) in [5, 5.41) is 5.23. The van der Waals surface area contributed by atoms with Crippen molar-refractivity contribution in [3.05, 3.63) is 58.8 Å². The predicted molar refractivity (Wildman–Crippen MR) is 110 cm³/mol. The lowest BCUT2D eigenvalue weighted by Gasteiger charge is -2.10. The van der Waals surface area contributed by atoms with Crippen molar-refractivity contribution in [1.29, 1.82) is 0 Å². The minimum atomic E-state index is -0.245. The van der Waals surface area contributed by atoms with Gasteiger partial charge in [0.2, 0.25) is 0 Å². The molecular weight excluding hydrogens is 354 g/mol. The zero-order valence-corrected chi connectivity index (χ0v) is 16.0.